The monoisotopic (exact) mass is 318 g/mol. The van der Waals surface area contributed by atoms with E-state index in [1.807, 2.05) is 0 Å². The van der Waals surface area contributed by atoms with E-state index < -0.39 is 20.4 Å². The summed E-state index contributed by atoms with van der Waals surface area (Å²) in [5.74, 6) is -0.370. The molecule has 0 saturated heterocycles. The summed E-state index contributed by atoms with van der Waals surface area (Å²) >= 11 is 0. The van der Waals surface area contributed by atoms with Crippen LogP contribution in [-0.4, -0.2) is 28.2 Å². The van der Waals surface area contributed by atoms with E-state index in [2.05, 4.69) is 15.2 Å². The first-order chi connectivity index (χ1) is 9.10. The third-order valence-corrected chi connectivity index (χ3v) is 3.60. The third-order valence-electron chi connectivity index (χ3n) is 2.49. The first-order valence-corrected chi connectivity index (χ1v) is 7.93. The molecule has 0 unspecified atom stereocenters. The van der Waals surface area contributed by atoms with Crippen LogP contribution in [0.15, 0.2) is 23.6 Å². The number of hydrogen-bond acceptors (Lipinski definition) is 5. The Hall–Kier alpha value is -1.54. The van der Waals surface area contributed by atoms with Gasteiger partial charge in [0.1, 0.15) is 5.82 Å². The summed E-state index contributed by atoms with van der Waals surface area (Å²) in [6.45, 7) is 5.29. The van der Waals surface area contributed by atoms with E-state index in [-0.39, 0.29) is 11.0 Å². The van der Waals surface area contributed by atoms with E-state index in [1.54, 1.807) is 20.8 Å². The lowest BCUT2D eigenvalue weighted by Crippen LogP contribution is -2.25. The summed E-state index contributed by atoms with van der Waals surface area (Å²) in [7, 11) is 1.29. The van der Waals surface area contributed by atoms with Crippen molar-refractivity contribution < 1.29 is 12.8 Å². The van der Waals surface area contributed by atoms with Gasteiger partial charge in [0, 0.05) is 28.0 Å². The molecule has 0 saturated carbocycles. The summed E-state index contributed by atoms with van der Waals surface area (Å²) in [6.07, 6.45) is 2.42. The maximum absolute atomic E-state index is 13.3. The van der Waals surface area contributed by atoms with Gasteiger partial charge in [-0.25, -0.2) is 12.8 Å². The molecule has 108 valence electrons. The van der Waals surface area contributed by atoms with Gasteiger partial charge < -0.3 is 0 Å². The molecule has 0 aliphatic rings. The highest BCUT2D eigenvalue weighted by atomic mass is 35.7. The number of nitrogens with zero attached hydrogens (tertiary/aromatic N) is 4. The van der Waals surface area contributed by atoms with Crippen LogP contribution >= 0.6 is 10.7 Å². The molecule has 0 atom stereocenters. The summed E-state index contributed by atoms with van der Waals surface area (Å²) in [4.78, 5) is 3.72. The van der Waals surface area contributed by atoms with Crippen molar-refractivity contribution in [2.75, 3.05) is 0 Å². The Morgan fingerprint density at radius 2 is 1.90 bits per heavy atom. The Morgan fingerprint density at radius 1 is 1.25 bits per heavy atom. The topological polar surface area (TPSA) is 77.7 Å². The fourth-order valence-electron chi connectivity index (χ4n) is 1.75. The zero-order valence-corrected chi connectivity index (χ0v) is 12.6. The first kappa shape index (κ1) is 14.9. The smallest absolute Gasteiger partial charge is 0.291 e. The van der Waals surface area contributed by atoms with Gasteiger partial charge in [0.25, 0.3) is 14.2 Å². The minimum absolute atomic E-state index is 0.184. The van der Waals surface area contributed by atoms with E-state index >= 15 is 0 Å². The van der Waals surface area contributed by atoms with Gasteiger partial charge in [-0.05, 0) is 26.8 Å². The predicted octanol–water partition coefficient (Wildman–Crippen LogP) is 2.16. The van der Waals surface area contributed by atoms with Gasteiger partial charge in [0.15, 0.2) is 5.82 Å². The predicted molar refractivity (Wildman–Crippen MR) is 71.2 cm³/mol. The number of hydrogen-bond donors (Lipinski definition) is 0. The lowest BCUT2D eigenvalue weighted by Gasteiger charge is -2.23. The highest BCUT2D eigenvalue weighted by Crippen LogP contribution is 2.29. The molecule has 2 rings (SSSR count). The molecule has 6 nitrogen and oxygen atoms in total. The molecule has 0 aliphatic heterocycles. The van der Waals surface area contributed by atoms with Crippen LogP contribution in [0.1, 0.15) is 20.8 Å². The molecule has 0 aromatic carbocycles. The zero-order chi connectivity index (χ0) is 15.1. The minimum atomic E-state index is -4.07. The molecule has 0 N–H and O–H groups in total. The number of rotatable bonds is 2. The van der Waals surface area contributed by atoms with Crippen molar-refractivity contribution in [3.8, 4) is 11.4 Å². The van der Waals surface area contributed by atoms with Gasteiger partial charge in [-0.2, -0.15) is 0 Å². The molecule has 2 aromatic rings. The molecular weight excluding hydrogens is 307 g/mol. The van der Waals surface area contributed by atoms with Crippen molar-refractivity contribution in [1.29, 1.82) is 0 Å². The van der Waals surface area contributed by atoms with Gasteiger partial charge in [0.05, 0.1) is 6.20 Å². The van der Waals surface area contributed by atoms with E-state index in [4.69, 9.17) is 10.7 Å². The van der Waals surface area contributed by atoms with E-state index in [9.17, 15) is 12.8 Å². The van der Waals surface area contributed by atoms with E-state index in [1.165, 1.54) is 16.8 Å². The Kier molecular flexibility index (Phi) is 3.55. The van der Waals surface area contributed by atoms with E-state index in [0.717, 1.165) is 6.20 Å². The SMILES string of the molecule is CC(C)(C)n1c(-c2cncc(F)c2)nnc1S(=O)(=O)Cl. The van der Waals surface area contributed by atoms with Crippen LogP contribution in [0.25, 0.3) is 11.4 Å². The Morgan fingerprint density at radius 3 is 2.40 bits per heavy atom. The molecule has 2 heterocycles. The van der Waals surface area contributed by atoms with Crippen molar-refractivity contribution in [3.63, 3.8) is 0 Å². The van der Waals surface area contributed by atoms with Crippen LogP contribution in [0, 0.1) is 5.82 Å². The highest BCUT2D eigenvalue weighted by Gasteiger charge is 2.30. The summed E-state index contributed by atoms with van der Waals surface area (Å²) in [6, 6.07) is 1.20. The van der Waals surface area contributed by atoms with Crippen LogP contribution in [-0.2, 0) is 14.6 Å². The lowest BCUT2D eigenvalue weighted by atomic mass is 10.1. The van der Waals surface area contributed by atoms with Crippen LogP contribution in [0.5, 0.6) is 0 Å². The second-order valence-corrected chi connectivity index (χ2v) is 7.60. The fraction of sp³-hybridized carbons (Fsp3) is 0.364. The molecule has 0 radical (unpaired) electrons. The standard InChI is InChI=1S/C11H12ClFN4O2S/c1-11(2,3)17-9(7-4-8(13)6-14-5-7)15-16-10(17)20(12,18)19/h4-6H,1-3H3. The molecule has 0 bridgehead atoms. The largest absolute Gasteiger partial charge is 0.296 e. The number of halogens is 2. The number of aromatic nitrogens is 4. The molecule has 20 heavy (non-hydrogen) atoms. The van der Waals surface area contributed by atoms with Crippen molar-refractivity contribution in [2.45, 2.75) is 31.5 Å². The molecule has 0 spiro atoms. The molecule has 2 aromatic heterocycles. The highest BCUT2D eigenvalue weighted by molar-refractivity contribution is 8.13. The molecule has 0 aliphatic carbocycles. The van der Waals surface area contributed by atoms with Crippen LogP contribution < -0.4 is 0 Å². The minimum Gasteiger partial charge on any atom is -0.291 e. The van der Waals surface area contributed by atoms with Gasteiger partial charge >= 0.3 is 0 Å². The molecule has 0 amide bonds. The fourth-order valence-corrected chi connectivity index (χ4v) is 2.77. The van der Waals surface area contributed by atoms with Crippen LogP contribution in [0.2, 0.25) is 0 Å². The third kappa shape index (κ3) is 2.80. The average molecular weight is 319 g/mol. The van der Waals surface area contributed by atoms with Crippen molar-refractivity contribution in [1.82, 2.24) is 19.7 Å². The normalized spacial score (nSPS) is 12.7. The number of pyridine rings is 1. The van der Waals surface area contributed by atoms with Gasteiger partial charge in [0.2, 0.25) is 0 Å². The quantitative estimate of drug-likeness (QED) is 0.793. The van der Waals surface area contributed by atoms with Gasteiger partial charge in [-0.3, -0.25) is 9.55 Å². The Labute approximate surface area is 120 Å². The molecular formula is C11H12ClFN4O2S. The second-order valence-electron chi connectivity index (χ2n) is 5.14. The van der Waals surface area contributed by atoms with Crippen molar-refractivity contribution in [2.24, 2.45) is 0 Å². The lowest BCUT2D eigenvalue weighted by molar-refractivity contribution is 0.367. The van der Waals surface area contributed by atoms with Gasteiger partial charge in [-0.15, -0.1) is 10.2 Å². The van der Waals surface area contributed by atoms with Crippen molar-refractivity contribution >= 4 is 19.7 Å². The molecule has 0 fully saturated rings. The van der Waals surface area contributed by atoms with Crippen molar-refractivity contribution in [3.05, 3.63) is 24.3 Å². The van der Waals surface area contributed by atoms with Crippen LogP contribution in [0.4, 0.5) is 4.39 Å². The van der Waals surface area contributed by atoms with Crippen LogP contribution in [0.3, 0.4) is 0 Å². The Balaban J connectivity index is 2.76. The zero-order valence-electron chi connectivity index (χ0n) is 11.0. The second kappa shape index (κ2) is 4.78. The van der Waals surface area contributed by atoms with Gasteiger partial charge in [-0.1, -0.05) is 0 Å². The maximum atomic E-state index is 13.3. The maximum Gasteiger partial charge on any atom is 0.296 e. The first-order valence-electron chi connectivity index (χ1n) is 5.62. The molecule has 9 heteroatoms. The summed E-state index contributed by atoms with van der Waals surface area (Å²) in [5, 5.41) is 7.02. The summed E-state index contributed by atoms with van der Waals surface area (Å²) < 4.78 is 37.7. The summed E-state index contributed by atoms with van der Waals surface area (Å²) in [5.41, 5.74) is -0.346. The van der Waals surface area contributed by atoms with E-state index in [0.29, 0.717) is 5.56 Å². The Bertz CT molecular complexity index is 752. The average Bonchev–Trinajstić information content (AvgIpc) is 2.72.